The average Bonchev–Trinajstić information content (AvgIpc) is 2.74. The highest BCUT2D eigenvalue weighted by molar-refractivity contribution is 5.87. The van der Waals surface area contributed by atoms with Gasteiger partial charge in [0.15, 0.2) is 11.5 Å². The van der Waals surface area contributed by atoms with Gasteiger partial charge in [0.2, 0.25) is 0 Å². The fourth-order valence-corrected chi connectivity index (χ4v) is 4.36. The number of aryl methyl sites for hydroxylation is 3. The molecule has 5 nitrogen and oxygen atoms in total. The number of anilines is 1. The molecule has 0 spiro atoms. The first-order chi connectivity index (χ1) is 14.5. The summed E-state index contributed by atoms with van der Waals surface area (Å²) in [6, 6.07) is 12.9. The standard InChI is InChI=1S/C25H31N3O2/c1-17-12-19(3)25-21(13-17)18(2)14-24(26-25)28-10-8-27(9-11-28)16-20-6-7-22(29-4)23(15-20)30-5/h6-7,12-15H,8-11,16H2,1-5H3. The minimum atomic E-state index is 0.773. The summed E-state index contributed by atoms with van der Waals surface area (Å²) in [5, 5.41) is 1.27. The summed E-state index contributed by atoms with van der Waals surface area (Å²) in [4.78, 5) is 9.93. The predicted octanol–water partition coefficient (Wildman–Crippen LogP) is 4.50. The Morgan fingerprint density at radius 1 is 0.833 bits per heavy atom. The number of ether oxygens (including phenoxy) is 2. The number of methoxy groups -OCH3 is 2. The first kappa shape index (κ1) is 20.5. The van der Waals surface area contributed by atoms with Crippen molar-refractivity contribution in [1.29, 1.82) is 0 Å². The van der Waals surface area contributed by atoms with Crippen LogP contribution in [-0.2, 0) is 6.54 Å². The highest BCUT2D eigenvalue weighted by atomic mass is 16.5. The molecule has 0 aliphatic carbocycles. The zero-order chi connectivity index (χ0) is 21.3. The molecule has 30 heavy (non-hydrogen) atoms. The van der Waals surface area contributed by atoms with E-state index >= 15 is 0 Å². The second kappa shape index (κ2) is 8.52. The van der Waals surface area contributed by atoms with Gasteiger partial charge in [0.25, 0.3) is 0 Å². The number of benzene rings is 2. The van der Waals surface area contributed by atoms with Gasteiger partial charge in [-0.1, -0.05) is 17.7 Å². The lowest BCUT2D eigenvalue weighted by molar-refractivity contribution is 0.249. The number of hydrogen-bond donors (Lipinski definition) is 0. The van der Waals surface area contributed by atoms with Crippen LogP contribution < -0.4 is 14.4 Å². The largest absolute Gasteiger partial charge is 0.493 e. The van der Waals surface area contributed by atoms with Crippen LogP contribution in [0.5, 0.6) is 11.5 Å². The van der Waals surface area contributed by atoms with Crippen molar-refractivity contribution in [3.63, 3.8) is 0 Å². The Morgan fingerprint density at radius 2 is 1.57 bits per heavy atom. The van der Waals surface area contributed by atoms with Crippen molar-refractivity contribution < 1.29 is 9.47 Å². The van der Waals surface area contributed by atoms with Crippen LogP contribution in [0, 0.1) is 20.8 Å². The van der Waals surface area contributed by atoms with Crippen LogP contribution in [0.1, 0.15) is 22.3 Å². The minimum absolute atomic E-state index is 0.773. The lowest BCUT2D eigenvalue weighted by Gasteiger charge is -2.35. The highest BCUT2D eigenvalue weighted by Crippen LogP contribution is 2.29. The molecule has 4 rings (SSSR count). The smallest absolute Gasteiger partial charge is 0.161 e. The van der Waals surface area contributed by atoms with Crippen LogP contribution in [0.3, 0.4) is 0 Å². The molecule has 2 aromatic carbocycles. The molecule has 2 heterocycles. The third kappa shape index (κ3) is 4.08. The zero-order valence-corrected chi connectivity index (χ0v) is 18.7. The maximum atomic E-state index is 5.44. The van der Waals surface area contributed by atoms with Crippen molar-refractivity contribution in [2.24, 2.45) is 0 Å². The van der Waals surface area contributed by atoms with E-state index in [0.717, 1.165) is 55.6 Å². The van der Waals surface area contributed by atoms with E-state index in [0.29, 0.717) is 0 Å². The van der Waals surface area contributed by atoms with E-state index in [-0.39, 0.29) is 0 Å². The van der Waals surface area contributed by atoms with Gasteiger partial charge in [-0.2, -0.15) is 0 Å². The summed E-state index contributed by atoms with van der Waals surface area (Å²) in [6.45, 7) is 11.4. The second-order valence-corrected chi connectivity index (χ2v) is 8.23. The molecule has 1 aromatic heterocycles. The Morgan fingerprint density at radius 3 is 2.27 bits per heavy atom. The van der Waals surface area contributed by atoms with Gasteiger partial charge in [-0.3, -0.25) is 4.90 Å². The maximum Gasteiger partial charge on any atom is 0.161 e. The van der Waals surface area contributed by atoms with Crippen LogP contribution >= 0.6 is 0 Å². The molecule has 1 aliphatic rings. The topological polar surface area (TPSA) is 37.8 Å². The molecule has 0 amide bonds. The number of aromatic nitrogens is 1. The molecule has 0 N–H and O–H groups in total. The molecule has 1 saturated heterocycles. The Labute approximate surface area is 179 Å². The van der Waals surface area contributed by atoms with Crippen molar-refractivity contribution in [1.82, 2.24) is 9.88 Å². The second-order valence-electron chi connectivity index (χ2n) is 8.23. The normalized spacial score (nSPS) is 14.9. The summed E-state index contributed by atoms with van der Waals surface area (Å²) >= 11 is 0. The van der Waals surface area contributed by atoms with Gasteiger partial charge in [-0.15, -0.1) is 0 Å². The van der Waals surface area contributed by atoms with Gasteiger partial charge in [0, 0.05) is 38.1 Å². The predicted molar refractivity (Wildman–Crippen MR) is 123 cm³/mol. The van der Waals surface area contributed by atoms with Crippen LogP contribution in [-0.4, -0.2) is 50.3 Å². The van der Waals surface area contributed by atoms with Crippen molar-refractivity contribution in [3.8, 4) is 11.5 Å². The van der Waals surface area contributed by atoms with Gasteiger partial charge in [-0.25, -0.2) is 4.98 Å². The lowest BCUT2D eigenvalue weighted by Crippen LogP contribution is -2.46. The monoisotopic (exact) mass is 405 g/mol. The zero-order valence-electron chi connectivity index (χ0n) is 18.7. The van der Waals surface area contributed by atoms with E-state index in [4.69, 9.17) is 14.5 Å². The number of hydrogen-bond acceptors (Lipinski definition) is 5. The first-order valence-corrected chi connectivity index (χ1v) is 10.6. The van der Waals surface area contributed by atoms with Gasteiger partial charge < -0.3 is 14.4 Å². The first-order valence-electron chi connectivity index (χ1n) is 10.6. The molecule has 0 saturated carbocycles. The van der Waals surface area contributed by atoms with Crippen LogP contribution in [0.4, 0.5) is 5.82 Å². The lowest BCUT2D eigenvalue weighted by atomic mass is 10.0. The van der Waals surface area contributed by atoms with Crippen molar-refractivity contribution >= 4 is 16.7 Å². The Hall–Kier alpha value is -2.79. The van der Waals surface area contributed by atoms with Crippen LogP contribution in [0.25, 0.3) is 10.9 Å². The summed E-state index contributed by atoms with van der Waals surface area (Å²) in [6.07, 6.45) is 0. The molecule has 1 fully saturated rings. The van der Waals surface area contributed by atoms with Gasteiger partial charge in [-0.05, 0) is 61.7 Å². The molecular formula is C25H31N3O2. The molecular weight excluding hydrogens is 374 g/mol. The SMILES string of the molecule is COc1ccc(CN2CCN(c3cc(C)c4cc(C)cc(C)c4n3)CC2)cc1OC. The molecule has 0 radical (unpaired) electrons. The molecule has 0 atom stereocenters. The van der Waals surface area contributed by atoms with E-state index in [9.17, 15) is 0 Å². The highest BCUT2D eigenvalue weighted by Gasteiger charge is 2.20. The fourth-order valence-electron chi connectivity index (χ4n) is 4.36. The molecule has 0 bridgehead atoms. The molecule has 5 heteroatoms. The van der Waals surface area contributed by atoms with E-state index in [2.05, 4.69) is 60.9 Å². The quantitative estimate of drug-likeness (QED) is 0.625. The van der Waals surface area contributed by atoms with Gasteiger partial charge in [0.1, 0.15) is 5.82 Å². The average molecular weight is 406 g/mol. The minimum Gasteiger partial charge on any atom is -0.493 e. The number of pyridine rings is 1. The molecule has 3 aromatic rings. The fraction of sp³-hybridized carbons (Fsp3) is 0.400. The maximum absolute atomic E-state index is 5.44. The summed E-state index contributed by atoms with van der Waals surface area (Å²) in [7, 11) is 3.35. The number of nitrogens with zero attached hydrogens (tertiary/aromatic N) is 3. The number of piperazine rings is 1. The summed E-state index contributed by atoms with van der Waals surface area (Å²) in [5.41, 5.74) is 6.22. The van der Waals surface area contributed by atoms with Gasteiger partial charge in [0.05, 0.1) is 19.7 Å². The molecule has 0 unspecified atom stereocenters. The van der Waals surface area contributed by atoms with Crippen molar-refractivity contribution in [2.75, 3.05) is 45.3 Å². The van der Waals surface area contributed by atoms with Crippen molar-refractivity contribution in [3.05, 3.63) is 58.7 Å². The Kier molecular flexibility index (Phi) is 5.82. The Balaban J connectivity index is 1.46. The van der Waals surface area contributed by atoms with E-state index in [1.807, 2.05) is 6.07 Å². The van der Waals surface area contributed by atoms with E-state index in [1.54, 1.807) is 14.2 Å². The van der Waals surface area contributed by atoms with E-state index < -0.39 is 0 Å². The third-order valence-electron chi connectivity index (χ3n) is 5.99. The summed E-state index contributed by atoms with van der Waals surface area (Å²) < 4.78 is 10.8. The number of fused-ring (bicyclic) bond motifs is 1. The molecule has 1 aliphatic heterocycles. The Bertz CT molecular complexity index is 1060. The van der Waals surface area contributed by atoms with Crippen LogP contribution in [0.15, 0.2) is 36.4 Å². The van der Waals surface area contributed by atoms with Gasteiger partial charge >= 0.3 is 0 Å². The van der Waals surface area contributed by atoms with Crippen molar-refractivity contribution in [2.45, 2.75) is 27.3 Å². The van der Waals surface area contributed by atoms with Crippen LogP contribution in [0.2, 0.25) is 0 Å². The number of rotatable bonds is 5. The summed E-state index contributed by atoms with van der Waals surface area (Å²) in [5.74, 6) is 2.65. The molecule has 158 valence electrons. The third-order valence-corrected chi connectivity index (χ3v) is 5.99. The van der Waals surface area contributed by atoms with E-state index in [1.165, 1.54) is 27.6 Å².